The van der Waals surface area contributed by atoms with Crippen LogP contribution in [0.5, 0.6) is 0 Å². The summed E-state index contributed by atoms with van der Waals surface area (Å²) in [4.78, 5) is 40.5. The van der Waals surface area contributed by atoms with Gasteiger partial charge in [-0.3, -0.25) is 14.5 Å². The number of esters is 1. The van der Waals surface area contributed by atoms with E-state index in [0.29, 0.717) is 16.5 Å². The summed E-state index contributed by atoms with van der Waals surface area (Å²) in [5.41, 5.74) is 1.20. The number of fused-ring (bicyclic) bond motifs is 1. The van der Waals surface area contributed by atoms with Crippen molar-refractivity contribution in [1.82, 2.24) is 9.88 Å². The summed E-state index contributed by atoms with van der Waals surface area (Å²) >= 11 is 2.84. The summed E-state index contributed by atoms with van der Waals surface area (Å²) in [6, 6.07) is -0.509. The van der Waals surface area contributed by atoms with Crippen LogP contribution < -0.4 is 5.32 Å². The summed E-state index contributed by atoms with van der Waals surface area (Å²) < 4.78 is 4.89. The number of amides is 1. The number of aromatic nitrogens is 1. The fourth-order valence-electron chi connectivity index (χ4n) is 2.54. The van der Waals surface area contributed by atoms with Crippen LogP contribution in [-0.2, 0) is 19.1 Å². The van der Waals surface area contributed by atoms with Crippen molar-refractivity contribution in [2.45, 2.75) is 25.3 Å². The van der Waals surface area contributed by atoms with E-state index < -0.39 is 18.0 Å². The van der Waals surface area contributed by atoms with Gasteiger partial charge in [-0.1, -0.05) is 0 Å². The van der Waals surface area contributed by atoms with Crippen LogP contribution in [0.1, 0.15) is 12.6 Å². The van der Waals surface area contributed by atoms with Gasteiger partial charge in [-0.05, 0) is 6.92 Å². The Morgan fingerprint density at radius 2 is 2.29 bits per heavy atom. The molecule has 3 heterocycles. The molecule has 0 aliphatic carbocycles. The first kappa shape index (κ1) is 16.8. The Morgan fingerprint density at radius 3 is 2.88 bits per heavy atom. The minimum absolute atomic E-state index is 0.0848. The van der Waals surface area contributed by atoms with Crippen LogP contribution in [0.25, 0.3) is 0 Å². The predicted octanol–water partition coefficient (Wildman–Crippen LogP) is 1.05. The number of hydrogen-bond donors (Lipinski definition) is 2. The van der Waals surface area contributed by atoms with Gasteiger partial charge >= 0.3 is 11.9 Å². The Kier molecular flexibility index (Phi) is 4.50. The second-order valence-corrected chi connectivity index (χ2v) is 7.33. The Labute approximate surface area is 145 Å². The highest BCUT2D eigenvalue weighted by atomic mass is 32.2. The Hall–Kier alpha value is -2.07. The number of ether oxygens (including phenoxy) is 1. The number of carboxylic acids is 1. The Morgan fingerprint density at radius 1 is 1.54 bits per heavy atom. The van der Waals surface area contributed by atoms with Crippen molar-refractivity contribution in [3.8, 4) is 0 Å². The van der Waals surface area contributed by atoms with Gasteiger partial charge in [-0.15, -0.1) is 23.1 Å². The van der Waals surface area contributed by atoms with E-state index in [-0.39, 0.29) is 23.6 Å². The maximum atomic E-state index is 12.4. The number of carboxylic acid groups (broad SMARTS) is 1. The highest BCUT2D eigenvalue weighted by Gasteiger charge is 2.53. The topological polar surface area (TPSA) is 109 Å². The molecule has 1 saturated heterocycles. The molecular weight excluding hydrogens is 354 g/mol. The largest absolute Gasteiger partial charge is 0.477 e. The van der Waals surface area contributed by atoms with Gasteiger partial charge in [-0.25, -0.2) is 9.78 Å². The quantitative estimate of drug-likeness (QED) is 0.586. The minimum Gasteiger partial charge on any atom is -0.477 e. The third kappa shape index (κ3) is 2.98. The van der Waals surface area contributed by atoms with E-state index in [0.717, 1.165) is 5.69 Å². The number of thioether (sulfide) groups is 1. The molecule has 8 nitrogen and oxygen atoms in total. The van der Waals surface area contributed by atoms with Crippen molar-refractivity contribution >= 4 is 46.1 Å². The molecule has 2 N–H and O–H groups in total. The van der Waals surface area contributed by atoms with Crippen LogP contribution in [0, 0.1) is 6.92 Å². The molecular formula is C14H15N3O5S2. The highest BCUT2D eigenvalue weighted by molar-refractivity contribution is 8.00. The van der Waals surface area contributed by atoms with E-state index >= 15 is 0 Å². The lowest BCUT2D eigenvalue weighted by Crippen LogP contribution is -2.67. The zero-order valence-corrected chi connectivity index (χ0v) is 14.6. The van der Waals surface area contributed by atoms with Gasteiger partial charge < -0.3 is 15.2 Å². The number of carbonyl (C=O) groups is 3. The van der Waals surface area contributed by atoms with Gasteiger partial charge in [0, 0.05) is 23.6 Å². The van der Waals surface area contributed by atoms with Gasteiger partial charge in [-0.2, -0.15) is 0 Å². The summed E-state index contributed by atoms with van der Waals surface area (Å²) in [5, 5.41) is 14.7. The number of β-lactam (4-membered cyclic amide) rings is 1. The lowest BCUT2D eigenvalue weighted by molar-refractivity contribution is -0.147. The van der Waals surface area contributed by atoms with Gasteiger partial charge in [0.25, 0.3) is 5.91 Å². The SMILES string of the molecule is CC(=O)OCC1=C(C(=O)O)N2C(=O)[C@@H](Nc3nc(C)cs3)[C@H]2SC1. The van der Waals surface area contributed by atoms with Crippen molar-refractivity contribution < 1.29 is 24.2 Å². The van der Waals surface area contributed by atoms with E-state index in [1.54, 1.807) is 0 Å². The first-order chi connectivity index (χ1) is 11.4. The molecule has 0 aromatic carbocycles. The molecule has 3 rings (SSSR count). The lowest BCUT2D eigenvalue weighted by Gasteiger charge is -2.49. The molecule has 2 atom stereocenters. The van der Waals surface area contributed by atoms with E-state index in [2.05, 4.69) is 10.3 Å². The maximum absolute atomic E-state index is 12.4. The van der Waals surface area contributed by atoms with E-state index in [1.807, 2.05) is 12.3 Å². The number of hydrogen-bond acceptors (Lipinski definition) is 8. The molecule has 0 radical (unpaired) electrons. The number of aryl methyl sites for hydroxylation is 1. The number of aliphatic carboxylic acids is 1. The Bertz CT molecular complexity index is 745. The summed E-state index contributed by atoms with van der Waals surface area (Å²) in [7, 11) is 0. The third-order valence-corrected chi connectivity index (χ3v) is 5.83. The number of thiazole rings is 1. The number of nitrogens with zero attached hydrogens (tertiary/aromatic N) is 2. The van der Waals surface area contributed by atoms with Crippen molar-refractivity contribution in [2.24, 2.45) is 0 Å². The molecule has 10 heteroatoms. The van der Waals surface area contributed by atoms with Crippen molar-refractivity contribution in [2.75, 3.05) is 17.7 Å². The predicted molar refractivity (Wildman–Crippen MR) is 88.6 cm³/mol. The molecule has 24 heavy (non-hydrogen) atoms. The number of carbonyl (C=O) groups excluding carboxylic acids is 2. The summed E-state index contributed by atoms with van der Waals surface area (Å²) in [6.45, 7) is 2.99. The summed E-state index contributed by atoms with van der Waals surface area (Å²) in [5.74, 6) is -1.62. The zero-order chi connectivity index (χ0) is 17.4. The molecule has 1 fully saturated rings. The smallest absolute Gasteiger partial charge is 0.352 e. The number of nitrogens with one attached hydrogen (secondary N) is 1. The molecule has 1 aromatic heterocycles. The summed E-state index contributed by atoms with van der Waals surface area (Å²) in [6.07, 6.45) is 0. The second-order valence-electron chi connectivity index (χ2n) is 5.36. The van der Waals surface area contributed by atoms with Gasteiger partial charge in [0.2, 0.25) is 0 Å². The highest BCUT2D eigenvalue weighted by Crippen LogP contribution is 2.41. The lowest BCUT2D eigenvalue weighted by atomic mass is 10.0. The normalized spacial score (nSPS) is 22.8. The van der Waals surface area contributed by atoms with Crippen LogP contribution >= 0.6 is 23.1 Å². The monoisotopic (exact) mass is 369 g/mol. The molecule has 0 spiro atoms. The van der Waals surface area contributed by atoms with Crippen molar-refractivity contribution in [1.29, 1.82) is 0 Å². The van der Waals surface area contributed by atoms with Crippen molar-refractivity contribution in [3.63, 3.8) is 0 Å². The van der Waals surface area contributed by atoms with Crippen LogP contribution in [0.4, 0.5) is 5.13 Å². The first-order valence-corrected chi connectivity index (χ1v) is 9.03. The van der Waals surface area contributed by atoms with E-state index in [9.17, 15) is 19.5 Å². The number of anilines is 1. The first-order valence-electron chi connectivity index (χ1n) is 7.10. The molecule has 2 aliphatic heterocycles. The van der Waals surface area contributed by atoms with Crippen LogP contribution in [-0.4, -0.2) is 56.6 Å². The van der Waals surface area contributed by atoms with Gasteiger partial charge in [0.1, 0.15) is 23.7 Å². The Balaban J connectivity index is 1.78. The molecule has 0 bridgehead atoms. The molecule has 0 saturated carbocycles. The fraction of sp³-hybridized carbons (Fsp3) is 0.429. The van der Waals surface area contributed by atoms with Crippen LogP contribution in [0.2, 0.25) is 0 Å². The molecule has 2 aliphatic rings. The molecule has 1 amide bonds. The molecule has 1 aromatic rings. The maximum Gasteiger partial charge on any atom is 0.352 e. The van der Waals surface area contributed by atoms with Gasteiger partial charge in [0.15, 0.2) is 5.13 Å². The van der Waals surface area contributed by atoms with Gasteiger partial charge in [0.05, 0.1) is 5.69 Å². The average molecular weight is 369 g/mol. The zero-order valence-electron chi connectivity index (χ0n) is 12.9. The van der Waals surface area contributed by atoms with Crippen LogP contribution in [0.15, 0.2) is 16.7 Å². The average Bonchev–Trinajstić information content (AvgIpc) is 2.94. The third-order valence-electron chi connectivity index (χ3n) is 3.60. The fourth-order valence-corrected chi connectivity index (χ4v) is 4.59. The van der Waals surface area contributed by atoms with Crippen molar-refractivity contribution in [3.05, 3.63) is 22.3 Å². The van der Waals surface area contributed by atoms with Crippen LogP contribution in [0.3, 0.4) is 0 Å². The number of rotatable bonds is 5. The minimum atomic E-state index is -1.20. The standard InChI is InChI=1S/C14H15N3O5S2/c1-6-4-24-14(15-6)16-9-11(19)17-10(13(20)21)8(3-22-7(2)18)5-23-12(9)17/h4,9,12H,3,5H2,1-2H3,(H,15,16)(H,20,21)/t9-,12-/m1/s1. The molecule has 128 valence electrons. The second kappa shape index (κ2) is 6.44. The van der Waals surface area contributed by atoms with E-state index in [4.69, 9.17) is 4.74 Å². The molecule has 0 unspecified atom stereocenters. The van der Waals surface area contributed by atoms with E-state index in [1.165, 1.54) is 34.9 Å².